The van der Waals surface area contributed by atoms with E-state index in [1.54, 1.807) is 12.1 Å². The fourth-order valence-electron chi connectivity index (χ4n) is 0.931. The molecule has 1 aromatic rings. The van der Waals surface area contributed by atoms with Gasteiger partial charge in [-0.1, -0.05) is 0 Å². The van der Waals surface area contributed by atoms with Gasteiger partial charge in [0.15, 0.2) is 0 Å². The van der Waals surface area contributed by atoms with E-state index in [1.807, 2.05) is 0 Å². The summed E-state index contributed by atoms with van der Waals surface area (Å²) in [4.78, 5) is 0. The van der Waals surface area contributed by atoms with Gasteiger partial charge in [-0.25, -0.2) is 5.43 Å². The monoisotopic (exact) mass is 208 g/mol. The summed E-state index contributed by atoms with van der Waals surface area (Å²) in [5.74, 6) is 0.340. The van der Waals surface area contributed by atoms with E-state index in [9.17, 15) is 5.11 Å². The Kier molecular flexibility index (Phi) is 3.50. The van der Waals surface area contributed by atoms with Gasteiger partial charge in [0.05, 0.1) is 13.3 Å². The maximum Gasteiger partial charge on any atom is 0.206 e. The minimum atomic E-state index is -0.265. The molecule has 15 heavy (non-hydrogen) atoms. The second-order valence-corrected chi connectivity index (χ2v) is 2.71. The third-order valence-corrected chi connectivity index (χ3v) is 1.63. The SMILES string of the molecule is COc1ccc(/C=N/NC(=N)N)c(O)c1. The number of hydrogen-bond acceptors (Lipinski definition) is 4. The molecular formula is C9H12N4O2. The Balaban J connectivity index is 2.78. The molecule has 0 saturated heterocycles. The molecule has 0 bridgehead atoms. The first-order valence-corrected chi connectivity index (χ1v) is 4.13. The number of hydrazone groups is 1. The molecule has 0 atom stereocenters. The smallest absolute Gasteiger partial charge is 0.206 e. The largest absolute Gasteiger partial charge is 0.507 e. The van der Waals surface area contributed by atoms with Crippen LogP contribution in [0.2, 0.25) is 0 Å². The molecule has 0 aromatic heterocycles. The van der Waals surface area contributed by atoms with Crippen LogP contribution in [0, 0.1) is 5.41 Å². The Morgan fingerprint density at radius 3 is 2.93 bits per heavy atom. The van der Waals surface area contributed by atoms with Gasteiger partial charge in [0.2, 0.25) is 5.96 Å². The summed E-state index contributed by atoms with van der Waals surface area (Å²) >= 11 is 0. The molecule has 0 heterocycles. The lowest BCUT2D eigenvalue weighted by Gasteiger charge is -2.02. The van der Waals surface area contributed by atoms with Crippen molar-refractivity contribution in [3.05, 3.63) is 23.8 Å². The van der Waals surface area contributed by atoms with E-state index in [-0.39, 0.29) is 11.7 Å². The van der Waals surface area contributed by atoms with Crippen molar-refractivity contribution in [2.75, 3.05) is 7.11 Å². The second-order valence-electron chi connectivity index (χ2n) is 2.71. The van der Waals surface area contributed by atoms with E-state index in [2.05, 4.69) is 10.5 Å². The zero-order chi connectivity index (χ0) is 11.3. The third kappa shape index (κ3) is 3.18. The minimum Gasteiger partial charge on any atom is -0.507 e. The number of phenolic OH excluding ortho intramolecular Hbond substituents is 1. The number of ether oxygens (including phenoxy) is 1. The van der Waals surface area contributed by atoms with Gasteiger partial charge < -0.3 is 15.6 Å². The van der Waals surface area contributed by atoms with Crippen LogP contribution < -0.4 is 15.9 Å². The molecule has 1 rings (SSSR count). The lowest BCUT2D eigenvalue weighted by atomic mass is 10.2. The number of phenols is 1. The average Bonchev–Trinajstić information content (AvgIpc) is 2.20. The molecule has 0 aliphatic carbocycles. The molecular weight excluding hydrogens is 196 g/mol. The third-order valence-electron chi connectivity index (χ3n) is 1.63. The Bertz CT molecular complexity index is 390. The summed E-state index contributed by atoms with van der Waals surface area (Å²) in [6.07, 6.45) is 1.36. The first kappa shape index (κ1) is 10.8. The summed E-state index contributed by atoms with van der Waals surface area (Å²) in [7, 11) is 1.51. The highest BCUT2D eigenvalue weighted by atomic mass is 16.5. The van der Waals surface area contributed by atoms with Crippen LogP contribution >= 0.6 is 0 Å². The standard InChI is InChI=1S/C9H12N4O2/c1-15-7-3-2-6(8(14)4-7)5-12-13-9(10)11/h2-5,14H,1H3,(H4,10,11,13)/b12-5+. The average molecular weight is 208 g/mol. The summed E-state index contributed by atoms with van der Waals surface area (Å²) in [6.45, 7) is 0. The van der Waals surface area contributed by atoms with Gasteiger partial charge in [-0.3, -0.25) is 5.41 Å². The van der Waals surface area contributed by atoms with Gasteiger partial charge in [-0.05, 0) is 12.1 Å². The minimum absolute atomic E-state index is 0.0449. The van der Waals surface area contributed by atoms with Crippen LogP contribution in [0.4, 0.5) is 0 Å². The first-order valence-electron chi connectivity index (χ1n) is 4.13. The van der Waals surface area contributed by atoms with Crippen LogP contribution in [-0.2, 0) is 0 Å². The van der Waals surface area contributed by atoms with Crippen LogP contribution in [-0.4, -0.2) is 24.4 Å². The lowest BCUT2D eigenvalue weighted by Crippen LogP contribution is -2.25. The number of nitrogens with one attached hydrogen (secondary N) is 2. The number of aromatic hydroxyl groups is 1. The normalized spacial score (nSPS) is 10.2. The van der Waals surface area contributed by atoms with Crippen molar-refractivity contribution < 1.29 is 9.84 Å². The Morgan fingerprint density at radius 2 is 2.40 bits per heavy atom. The van der Waals surface area contributed by atoms with Crippen molar-refractivity contribution in [2.24, 2.45) is 10.8 Å². The highest BCUT2D eigenvalue weighted by Gasteiger charge is 1.99. The van der Waals surface area contributed by atoms with Gasteiger partial charge in [-0.15, -0.1) is 0 Å². The number of methoxy groups -OCH3 is 1. The van der Waals surface area contributed by atoms with Crippen LogP contribution in [0.15, 0.2) is 23.3 Å². The molecule has 0 fully saturated rings. The number of nitrogens with zero attached hydrogens (tertiary/aromatic N) is 1. The molecule has 0 spiro atoms. The first-order chi connectivity index (χ1) is 7.13. The Hall–Kier alpha value is -2.24. The molecule has 6 heteroatoms. The lowest BCUT2D eigenvalue weighted by molar-refractivity contribution is 0.407. The van der Waals surface area contributed by atoms with E-state index in [0.29, 0.717) is 11.3 Å². The number of nitrogens with two attached hydrogens (primary N) is 1. The number of hydrogen-bond donors (Lipinski definition) is 4. The van der Waals surface area contributed by atoms with Crippen molar-refractivity contribution in [1.29, 1.82) is 5.41 Å². The molecule has 5 N–H and O–H groups in total. The quantitative estimate of drug-likeness (QED) is 0.324. The predicted molar refractivity (Wildman–Crippen MR) is 57.3 cm³/mol. The molecule has 1 aromatic carbocycles. The van der Waals surface area contributed by atoms with Crippen LogP contribution in [0.3, 0.4) is 0 Å². The fourth-order valence-corrected chi connectivity index (χ4v) is 0.931. The van der Waals surface area contributed by atoms with E-state index >= 15 is 0 Å². The van der Waals surface area contributed by atoms with Gasteiger partial charge in [0.1, 0.15) is 11.5 Å². The van der Waals surface area contributed by atoms with Crippen LogP contribution in [0.1, 0.15) is 5.56 Å². The van der Waals surface area contributed by atoms with E-state index < -0.39 is 0 Å². The van der Waals surface area contributed by atoms with Crippen molar-refractivity contribution >= 4 is 12.2 Å². The molecule has 80 valence electrons. The van der Waals surface area contributed by atoms with Crippen molar-refractivity contribution in [3.8, 4) is 11.5 Å². The van der Waals surface area contributed by atoms with Crippen molar-refractivity contribution in [1.82, 2.24) is 5.43 Å². The molecule has 0 saturated carbocycles. The summed E-state index contributed by atoms with van der Waals surface area (Å²) in [6, 6.07) is 4.80. The predicted octanol–water partition coefficient (Wildman–Crippen LogP) is 0.218. The topological polar surface area (TPSA) is 104 Å². The molecule has 0 aliphatic heterocycles. The zero-order valence-electron chi connectivity index (χ0n) is 8.19. The maximum atomic E-state index is 9.50. The van der Waals surface area contributed by atoms with Gasteiger partial charge >= 0.3 is 0 Å². The molecule has 0 amide bonds. The molecule has 0 aliphatic rings. The zero-order valence-corrected chi connectivity index (χ0v) is 8.19. The number of rotatable bonds is 3. The van der Waals surface area contributed by atoms with Gasteiger partial charge in [0.25, 0.3) is 0 Å². The molecule has 0 unspecified atom stereocenters. The molecule has 0 radical (unpaired) electrons. The number of guanidine groups is 1. The molecule has 6 nitrogen and oxygen atoms in total. The van der Waals surface area contributed by atoms with Crippen molar-refractivity contribution in [3.63, 3.8) is 0 Å². The number of benzene rings is 1. The Labute approximate surface area is 86.9 Å². The van der Waals surface area contributed by atoms with Gasteiger partial charge in [0, 0.05) is 11.6 Å². The highest BCUT2D eigenvalue weighted by Crippen LogP contribution is 2.21. The maximum absolute atomic E-state index is 9.50. The van der Waals surface area contributed by atoms with E-state index in [1.165, 1.54) is 19.4 Å². The highest BCUT2D eigenvalue weighted by molar-refractivity contribution is 5.85. The van der Waals surface area contributed by atoms with Crippen LogP contribution in [0.5, 0.6) is 11.5 Å². The summed E-state index contributed by atoms with van der Waals surface area (Å²) in [5.41, 5.74) is 7.76. The van der Waals surface area contributed by atoms with Gasteiger partial charge in [-0.2, -0.15) is 5.10 Å². The fraction of sp³-hybridized carbons (Fsp3) is 0.111. The Morgan fingerprint density at radius 1 is 1.67 bits per heavy atom. The van der Waals surface area contributed by atoms with E-state index in [4.69, 9.17) is 15.9 Å². The second kappa shape index (κ2) is 4.85. The van der Waals surface area contributed by atoms with Crippen LogP contribution in [0.25, 0.3) is 0 Å². The summed E-state index contributed by atoms with van der Waals surface area (Å²) in [5, 5.41) is 20.0. The van der Waals surface area contributed by atoms with E-state index in [0.717, 1.165) is 0 Å². The van der Waals surface area contributed by atoms with Crippen molar-refractivity contribution in [2.45, 2.75) is 0 Å². The summed E-state index contributed by atoms with van der Waals surface area (Å²) < 4.78 is 4.92.